The van der Waals surface area contributed by atoms with Crippen molar-refractivity contribution in [2.45, 2.75) is 30.6 Å². The maximum atomic E-state index is 12.6. The lowest BCUT2D eigenvalue weighted by Crippen LogP contribution is -2.35. The van der Waals surface area contributed by atoms with Crippen molar-refractivity contribution in [3.05, 3.63) is 48.5 Å². The molecule has 1 aliphatic heterocycles. The van der Waals surface area contributed by atoms with E-state index in [1.165, 1.54) is 0 Å². The molecule has 1 aliphatic carbocycles. The molecule has 0 saturated heterocycles. The lowest BCUT2D eigenvalue weighted by atomic mass is 10.2. The standard InChI is InChI=1S/C22H23N3O3S/c26-20(23-16-7-9-17(10-8-16)24-22(28)15-5-6-15)11-12-21(27)25-13-14-29-19-4-2-1-3-18(19)25/h1-4,7-10,15H,5-6,11-14H2,(H,23,26)(H,24,28). The second-order valence-corrected chi connectivity index (χ2v) is 8.39. The Kier molecular flexibility index (Phi) is 5.85. The molecule has 4 rings (SSSR count). The van der Waals surface area contributed by atoms with Crippen molar-refractivity contribution in [2.24, 2.45) is 5.92 Å². The van der Waals surface area contributed by atoms with Gasteiger partial charge in [-0.1, -0.05) is 12.1 Å². The van der Waals surface area contributed by atoms with Crippen LogP contribution in [0.2, 0.25) is 0 Å². The minimum atomic E-state index is -0.201. The Hall–Kier alpha value is -2.80. The summed E-state index contributed by atoms with van der Waals surface area (Å²) in [6.45, 7) is 0.663. The molecule has 2 aromatic rings. The number of benzene rings is 2. The number of carbonyl (C=O) groups is 3. The fraction of sp³-hybridized carbons (Fsp3) is 0.318. The Morgan fingerprint density at radius 1 is 0.931 bits per heavy atom. The van der Waals surface area contributed by atoms with E-state index in [0.717, 1.165) is 34.9 Å². The minimum Gasteiger partial charge on any atom is -0.326 e. The zero-order chi connectivity index (χ0) is 20.2. The number of rotatable bonds is 6. The van der Waals surface area contributed by atoms with Crippen LogP contribution in [0.25, 0.3) is 0 Å². The molecule has 7 heteroatoms. The van der Waals surface area contributed by atoms with Gasteiger partial charge in [0.15, 0.2) is 0 Å². The topological polar surface area (TPSA) is 78.5 Å². The molecule has 150 valence electrons. The maximum absolute atomic E-state index is 12.6. The molecule has 0 bridgehead atoms. The Balaban J connectivity index is 1.27. The van der Waals surface area contributed by atoms with Crippen molar-refractivity contribution in [1.29, 1.82) is 0 Å². The number of fused-ring (bicyclic) bond motifs is 1. The second-order valence-electron chi connectivity index (χ2n) is 7.25. The number of nitrogens with one attached hydrogen (secondary N) is 2. The first-order valence-corrected chi connectivity index (χ1v) is 10.8. The first-order chi connectivity index (χ1) is 14.1. The third-order valence-corrected chi connectivity index (χ3v) is 6.02. The van der Waals surface area contributed by atoms with Crippen LogP contribution in [-0.4, -0.2) is 30.0 Å². The summed E-state index contributed by atoms with van der Waals surface area (Å²) in [4.78, 5) is 39.5. The summed E-state index contributed by atoms with van der Waals surface area (Å²) in [5, 5.41) is 5.67. The molecule has 1 fully saturated rings. The van der Waals surface area contributed by atoms with Crippen LogP contribution in [0.4, 0.5) is 17.1 Å². The largest absolute Gasteiger partial charge is 0.326 e. The summed E-state index contributed by atoms with van der Waals surface area (Å²) in [5.74, 6) is 0.827. The normalized spacial score (nSPS) is 15.4. The van der Waals surface area contributed by atoms with Gasteiger partial charge in [-0.15, -0.1) is 11.8 Å². The summed E-state index contributed by atoms with van der Waals surface area (Å²) in [5.41, 5.74) is 2.29. The van der Waals surface area contributed by atoms with E-state index in [-0.39, 0.29) is 36.5 Å². The third-order valence-electron chi connectivity index (χ3n) is 4.98. The summed E-state index contributed by atoms with van der Waals surface area (Å²) in [6.07, 6.45) is 2.21. The van der Waals surface area contributed by atoms with E-state index in [4.69, 9.17) is 0 Å². The highest BCUT2D eigenvalue weighted by molar-refractivity contribution is 7.99. The predicted octanol–water partition coefficient (Wildman–Crippen LogP) is 3.89. The number of amides is 3. The fourth-order valence-corrected chi connectivity index (χ4v) is 4.23. The van der Waals surface area contributed by atoms with E-state index in [0.29, 0.717) is 12.2 Å². The van der Waals surface area contributed by atoms with Crippen LogP contribution >= 0.6 is 11.8 Å². The smallest absolute Gasteiger partial charge is 0.227 e. The van der Waals surface area contributed by atoms with E-state index in [9.17, 15) is 14.4 Å². The van der Waals surface area contributed by atoms with Gasteiger partial charge in [0.05, 0.1) is 5.69 Å². The molecule has 0 spiro atoms. The van der Waals surface area contributed by atoms with Crippen molar-refractivity contribution in [1.82, 2.24) is 0 Å². The SMILES string of the molecule is O=C(CCC(=O)N1CCSc2ccccc21)Nc1ccc(NC(=O)C2CC2)cc1. The van der Waals surface area contributed by atoms with Gasteiger partial charge in [-0.2, -0.15) is 0 Å². The van der Waals surface area contributed by atoms with Crippen molar-refractivity contribution in [3.63, 3.8) is 0 Å². The van der Waals surface area contributed by atoms with Crippen molar-refractivity contribution in [2.75, 3.05) is 27.8 Å². The van der Waals surface area contributed by atoms with E-state index in [1.807, 2.05) is 24.3 Å². The number of thioether (sulfide) groups is 1. The number of para-hydroxylation sites is 1. The summed E-state index contributed by atoms with van der Waals surface area (Å²) < 4.78 is 0. The van der Waals surface area contributed by atoms with Gasteiger partial charge < -0.3 is 15.5 Å². The average Bonchev–Trinajstić information content (AvgIpc) is 3.58. The molecule has 6 nitrogen and oxygen atoms in total. The molecule has 2 aliphatic rings. The van der Waals surface area contributed by atoms with Crippen LogP contribution in [-0.2, 0) is 14.4 Å². The highest BCUT2D eigenvalue weighted by atomic mass is 32.2. The van der Waals surface area contributed by atoms with Crippen LogP contribution in [0.5, 0.6) is 0 Å². The number of hydrogen-bond acceptors (Lipinski definition) is 4. The molecule has 0 unspecified atom stereocenters. The number of anilines is 3. The van der Waals surface area contributed by atoms with Gasteiger partial charge in [0.1, 0.15) is 0 Å². The molecule has 3 amide bonds. The van der Waals surface area contributed by atoms with Crippen LogP contribution in [0.1, 0.15) is 25.7 Å². The quantitative estimate of drug-likeness (QED) is 0.759. The molecule has 0 radical (unpaired) electrons. The molecule has 29 heavy (non-hydrogen) atoms. The maximum Gasteiger partial charge on any atom is 0.227 e. The van der Waals surface area contributed by atoms with Crippen molar-refractivity contribution >= 4 is 46.5 Å². The fourth-order valence-electron chi connectivity index (χ4n) is 3.23. The molecular weight excluding hydrogens is 386 g/mol. The number of hydrogen-bond donors (Lipinski definition) is 2. The second kappa shape index (κ2) is 8.69. The van der Waals surface area contributed by atoms with E-state index in [1.54, 1.807) is 40.9 Å². The monoisotopic (exact) mass is 409 g/mol. The van der Waals surface area contributed by atoms with Crippen LogP contribution in [0.3, 0.4) is 0 Å². The van der Waals surface area contributed by atoms with Gasteiger partial charge in [0.2, 0.25) is 17.7 Å². The Morgan fingerprint density at radius 2 is 1.62 bits per heavy atom. The lowest BCUT2D eigenvalue weighted by Gasteiger charge is -2.29. The van der Waals surface area contributed by atoms with Crippen LogP contribution in [0, 0.1) is 5.92 Å². The van der Waals surface area contributed by atoms with Crippen molar-refractivity contribution < 1.29 is 14.4 Å². The zero-order valence-corrected chi connectivity index (χ0v) is 16.8. The molecular formula is C22H23N3O3S. The summed E-state index contributed by atoms with van der Waals surface area (Å²) >= 11 is 1.75. The number of carbonyl (C=O) groups excluding carboxylic acids is 3. The Bertz CT molecular complexity index is 925. The molecule has 1 saturated carbocycles. The van der Waals surface area contributed by atoms with E-state index in [2.05, 4.69) is 10.6 Å². The number of nitrogens with zero attached hydrogens (tertiary/aromatic N) is 1. The van der Waals surface area contributed by atoms with Gasteiger partial charge >= 0.3 is 0 Å². The Labute approximate surface area is 174 Å². The van der Waals surface area contributed by atoms with Gasteiger partial charge in [0, 0.05) is 47.3 Å². The first kappa shape index (κ1) is 19.5. The summed E-state index contributed by atoms with van der Waals surface area (Å²) in [6, 6.07) is 14.9. The van der Waals surface area contributed by atoms with Gasteiger partial charge in [-0.25, -0.2) is 0 Å². The first-order valence-electron chi connectivity index (χ1n) is 9.83. The zero-order valence-electron chi connectivity index (χ0n) is 16.0. The van der Waals surface area contributed by atoms with Crippen molar-refractivity contribution in [3.8, 4) is 0 Å². The van der Waals surface area contributed by atoms with Gasteiger partial charge in [-0.3, -0.25) is 14.4 Å². The van der Waals surface area contributed by atoms with Crippen LogP contribution < -0.4 is 15.5 Å². The Morgan fingerprint density at radius 3 is 2.34 bits per heavy atom. The third kappa shape index (κ3) is 4.98. The average molecular weight is 410 g/mol. The van der Waals surface area contributed by atoms with Gasteiger partial charge in [0.25, 0.3) is 0 Å². The molecule has 1 heterocycles. The molecule has 0 aromatic heterocycles. The highest BCUT2D eigenvalue weighted by Crippen LogP contribution is 2.34. The molecule has 2 aromatic carbocycles. The lowest BCUT2D eigenvalue weighted by molar-refractivity contribution is -0.122. The highest BCUT2D eigenvalue weighted by Gasteiger charge is 2.29. The van der Waals surface area contributed by atoms with Crippen LogP contribution in [0.15, 0.2) is 53.4 Å². The molecule has 0 atom stereocenters. The van der Waals surface area contributed by atoms with Gasteiger partial charge in [-0.05, 0) is 49.2 Å². The predicted molar refractivity (Wildman–Crippen MR) is 115 cm³/mol. The molecule has 2 N–H and O–H groups in total. The minimum absolute atomic E-state index is 0.0361. The summed E-state index contributed by atoms with van der Waals surface area (Å²) in [7, 11) is 0. The van der Waals surface area contributed by atoms with E-state index >= 15 is 0 Å². The van der Waals surface area contributed by atoms with E-state index < -0.39 is 0 Å².